The number of nitrogens with zero attached hydrogens (tertiary/aromatic N) is 1. The summed E-state index contributed by atoms with van der Waals surface area (Å²) in [6.45, 7) is 3.04. The molecule has 2 rings (SSSR count). The van der Waals surface area contributed by atoms with Crippen molar-refractivity contribution in [2.24, 2.45) is 11.8 Å². The maximum Gasteiger partial charge on any atom is 0.254 e. The molecule has 0 atom stereocenters. The fourth-order valence-electron chi connectivity index (χ4n) is 2.42. The molecule has 0 saturated heterocycles. The van der Waals surface area contributed by atoms with Gasteiger partial charge < -0.3 is 5.32 Å². The number of aromatic nitrogens is 1. The molecule has 4 heteroatoms. The van der Waals surface area contributed by atoms with Gasteiger partial charge in [0.1, 0.15) is 5.15 Å². The lowest BCUT2D eigenvalue weighted by Crippen LogP contribution is -2.31. The van der Waals surface area contributed by atoms with Crippen LogP contribution >= 0.6 is 11.6 Å². The van der Waals surface area contributed by atoms with Crippen LogP contribution in [0.2, 0.25) is 5.15 Å². The minimum Gasteiger partial charge on any atom is -0.352 e. The van der Waals surface area contributed by atoms with E-state index in [1.807, 2.05) is 0 Å². The summed E-state index contributed by atoms with van der Waals surface area (Å²) in [5.41, 5.74) is 0.461. The largest absolute Gasteiger partial charge is 0.352 e. The van der Waals surface area contributed by atoms with E-state index in [0.29, 0.717) is 11.5 Å². The Hall–Kier alpha value is -1.09. The summed E-state index contributed by atoms with van der Waals surface area (Å²) in [4.78, 5) is 15.8. The Balaban J connectivity index is 1.84. The van der Waals surface area contributed by atoms with E-state index in [4.69, 9.17) is 11.6 Å². The Morgan fingerprint density at radius 2 is 2.17 bits per heavy atom. The van der Waals surface area contributed by atoms with Crippen molar-refractivity contribution in [3.05, 3.63) is 29.0 Å². The van der Waals surface area contributed by atoms with E-state index in [9.17, 15) is 4.79 Å². The molecule has 0 spiro atoms. The van der Waals surface area contributed by atoms with Crippen LogP contribution in [-0.4, -0.2) is 17.4 Å². The van der Waals surface area contributed by atoms with Gasteiger partial charge in [0.25, 0.3) is 5.91 Å². The molecule has 0 radical (unpaired) electrons. The van der Waals surface area contributed by atoms with E-state index in [2.05, 4.69) is 17.2 Å². The van der Waals surface area contributed by atoms with Crippen LogP contribution in [-0.2, 0) is 0 Å². The number of halogens is 1. The number of nitrogens with one attached hydrogen (secondary N) is 1. The highest BCUT2D eigenvalue weighted by molar-refractivity contribution is 6.32. The maximum absolute atomic E-state index is 11.9. The van der Waals surface area contributed by atoms with Crippen LogP contribution in [0, 0.1) is 11.8 Å². The van der Waals surface area contributed by atoms with Gasteiger partial charge in [-0.15, -0.1) is 0 Å². The van der Waals surface area contributed by atoms with Gasteiger partial charge in [-0.1, -0.05) is 31.4 Å². The third kappa shape index (κ3) is 3.45. The minimum absolute atomic E-state index is 0.119. The second kappa shape index (κ2) is 6.19. The summed E-state index contributed by atoms with van der Waals surface area (Å²) >= 11 is 5.89. The normalized spacial score (nSPS) is 23.7. The Morgan fingerprint density at radius 1 is 1.44 bits per heavy atom. The Bertz CT molecular complexity index is 414. The van der Waals surface area contributed by atoms with E-state index in [1.165, 1.54) is 25.7 Å². The van der Waals surface area contributed by atoms with Crippen LogP contribution in [0.4, 0.5) is 0 Å². The van der Waals surface area contributed by atoms with Crippen LogP contribution in [0.1, 0.15) is 43.0 Å². The van der Waals surface area contributed by atoms with E-state index in [0.717, 1.165) is 12.5 Å². The molecular weight excluding hydrogens is 248 g/mol. The van der Waals surface area contributed by atoms with Crippen molar-refractivity contribution in [2.45, 2.75) is 32.6 Å². The first-order valence-electron chi connectivity index (χ1n) is 6.55. The molecule has 1 aromatic rings. The third-order valence-electron chi connectivity index (χ3n) is 3.69. The van der Waals surface area contributed by atoms with Crippen molar-refractivity contribution in [3.63, 3.8) is 0 Å². The Labute approximate surface area is 113 Å². The number of carbonyl (C=O) groups excluding carboxylic acids is 1. The summed E-state index contributed by atoms with van der Waals surface area (Å²) < 4.78 is 0. The lowest BCUT2D eigenvalue weighted by atomic mass is 9.83. The van der Waals surface area contributed by atoms with Gasteiger partial charge in [0.05, 0.1) is 5.56 Å². The van der Waals surface area contributed by atoms with Gasteiger partial charge >= 0.3 is 0 Å². The van der Waals surface area contributed by atoms with Crippen molar-refractivity contribution in [1.82, 2.24) is 10.3 Å². The highest BCUT2D eigenvalue weighted by atomic mass is 35.5. The lowest BCUT2D eigenvalue weighted by molar-refractivity contribution is 0.0941. The third-order valence-corrected chi connectivity index (χ3v) is 3.99. The van der Waals surface area contributed by atoms with Gasteiger partial charge in [-0.25, -0.2) is 4.98 Å². The van der Waals surface area contributed by atoms with E-state index in [1.54, 1.807) is 18.3 Å². The molecule has 98 valence electrons. The summed E-state index contributed by atoms with van der Waals surface area (Å²) in [5.74, 6) is 1.33. The molecule has 18 heavy (non-hydrogen) atoms. The molecule has 1 fully saturated rings. The van der Waals surface area contributed by atoms with Gasteiger partial charge in [-0.05, 0) is 36.8 Å². The predicted octanol–water partition coefficient (Wildman–Crippen LogP) is 3.29. The first-order valence-corrected chi connectivity index (χ1v) is 6.93. The van der Waals surface area contributed by atoms with Crippen LogP contribution in [0.25, 0.3) is 0 Å². The molecule has 1 heterocycles. The summed E-state index contributed by atoms with van der Waals surface area (Å²) in [6, 6.07) is 3.43. The number of hydrogen-bond acceptors (Lipinski definition) is 2. The smallest absolute Gasteiger partial charge is 0.254 e. The van der Waals surface area contributed by atoms with Crippen LogP contribution in [0.5, 0.6) is 0 Å². The molecule has 1 saturated carbocycles. The Kier molecular flexibility index (Phi) is 4.59. The van der Waals surface area contributed by atoms with Gasteiger partial charge in [0, 0.05) is 12.7 Å². The van der Waals surface area contributed by atoms with E-state index >= 15 is 0 Å². The summed E-state index contributed by atoms with van der Waals surface area (Å²) in [6.07, 6.45) is 6.55. The maximum atomic E-state index is 11.9. The number of carbonyl (C=O) groups is 1. The monoisotopic (exact) mass is 266 g/mol. The molecule has 1 aromatic heterocycles. The fraction of sp³-hybridized carbons (Fsp3) is 0.571. The SMILES string of the molecule is CC1CCC(CNC(=O)c2cccnc2Cl)CC1. The zero-order chi connectivity index (χ0) is 13.0. The molecule has 0 aliphatic heterocycles. The zero-order valence-electron chi connectivity index (χ0n) is 10.7. The predicted molar refractivity (Wildman–Crippen MR) is 72.7 cm³/mol. The van der Waals surface area contributed by atoms with Crippen LogP contribution in [0.15, 0.2) is 18.3 Å². The van der Waals surface area contributed by atoms with E-state index < -0.39 is 0 Å². The Morgan fingerprint density at radius 3 is 2.83 bits per heavy atom. The molecule has 1 N–H and O–H groups in total. The molecule has 0 bridgehead atoms. The van der Waals surface area contributed by atoms with Crippen molar-refractivity contribution in [3.8, 4) is 0 Å². The number of hydrogen-bond donors (Lipinski definition) is 1. The molecule has 0 unspecified atom stereocenters. The second-order valence-corrected chi connectivity index (χ2v) is 5.54. The lowest BCUT2D eigenvalue weighted by Gasteiger charge is -2.26. The van der Waals surface area contributed by atoms with Gasteiger partial charge in [-0.2, -0.15) is 0 Å². The standard InChI is InChI=1S/C14H19ClN2O/c1-10-4-6-11(7-5-10)9-17-14(18)12-3-2-8-16-13(12)15/h2-3,8,10-11H,4-7,9H2,1H3,(H,17,18). The van der Waals surface area contributed by atoms with Crippen molar-refractivity contribution < 1.29 is 4.79 Å². The highest BCUT2D eigenvalue weighted by Gasteiger charge is 2.19. The van der Waals surface area contributed by atoms with Crippen molar-refractivity contribution >= 4 is 17.5 Å². The summed E-state index contributed by atoms with van der Waals surface area (Å²) in [5, 5.41) is 3.23. The number of rotatable bonds is 3. The second-order valence-electron chi connectivity index (χ2n) is 5.18. The average molecular weight is 267 g/mol. The topological polar surface area (TPSA) is 42.0 Å². The zero-order valence-corrected chi connectivity index (χ0v) is 11.4. The average Bonchev–Trinajstić information content (AvgIpc) is 2.38. The first kappa shape index (κ1) is 13.3. The molecular formula is C14H19ClN2O. The summed E-state index contributed by atoms with van der Waals surface area (Å²) in [7, 11) is 0. The molecule has 3 nitrogen and oxygen atoms in total. The van der Waals surface area contributed by atoms with Crippen LogP contribution < -0.4 is 5.32 Å². The quantitative estimate of drug-likeness (QED) is 0.853. The minimum atomic E-state index is -0.119. The number of amides is 1. The van der Waals surface area contributed by atoms with Crippen molar-refractivity contribution in [2.75, 3.05) is 6.54 Å². The molecule has 1 aliphatic rings. The molecule has 1 amide bonds. The first-order chi connectivity index (χ1) is 8.66. The van der Waals surface area contributed by atoms with Gasteiger partial charge in [-0.3, -0.25) is 4.79 Å². The molecule has 0 aromatic carbocycles. The fourth-order valence-corrected chi connectivity index (χ4v) is 2.63. The van der Waals surface area contributed by atoms with Crippen molar-refractivity contribution in [1.29, 1.82) is 0 Å². The highest BCUT2D eigenvalue weighted by Crippen LogP contribution is 2.27. The van der Waals surface area contributed by atoms with Gasteiger partial charge in [0.2, 0.25) is 0 Å². The van der Waals surface area contributed by atoms with E-state index in [-0.39, 0.29) is 11.1 Å². The molecule has 1 aliphatic carbocycles. The van der Waals surface area contributed by atoms with Crippen LogP contribution in [0.3, 0.4) is 0 Å². The van der Waals surface area contributed by atoms with Gasteiger partial charge in [0.15, 0.2) is 0 Å². The number of pyridine rings is 1.